The first-order valence-corrected chi connectivity index (χ1v) is 6.91. The van der Waals surface area contributed by atoms with Gasteiger partial charge >= 0.3 is 0 Å². The normalized spacial score (nSPS) is 18.2. The van der Waals surface area contributed by atoms with Gasteiger partial charge < -0.3 is 16.0 Å². The predicted molar refractivity (Wildman–Crippen MR) is 77.3 cm³/mol. The second-order valence-electron chi connectivity index (χ2n) is 5.29. The molecule has 2 amide bonds. The number of nitrogens with zero attached hydrogens (tertiary/aromatic N) is 1. The van der Waals surface area contributed by atoms with Gasteiger partial charge in [-0.05, 0) is 43.5 Å². The van der Waals surface area contributed by atoms with Crippen LogP contribution in [0.4, 0.5) is 0 Å². The number of hydrogen-bond donors (Lipinski definition) is 2. The van der Waals surface area contributed by atoms with Crippen LogP contribution >= 0.6 is 0 Å². The lowest BCUT2D eigenvalue weighted by atomic mass is 9.97. The van der Waals surface area contributed by atoms with Gasteiger partial charge in [-0.15, -0.1) is 0 Å². The largest absolute Gasteiger partial charge is 0.366 e. The number of hydrogen-bond acceptors (Lipinski definition) is 3. The third kappa shape index (κ3) is 3.57. The Kier molecular flexibility index (Phi) is 4.74. The maximum absolute atomic E-state index is 11.8. The number of rotatable bonds is 5. The molecular weight excluding hydrogens is 254 g/mol. The van der Waals surface area contributed by atoms with E-state index < -0.39 is 5.91 Å². The van der Waals surface area contributed by atoms with Gasteiger partial charge in [-0.1, -0.05) is 12.1 Å². The average molecular weight is 275 g/mol. The van der Waals surface area contributed by atoms with Crippen LogP contribution in [-0.2, 0) is 11.2 Å². The third-order valence-electron chi connectivity index (χ3n) is 3.70. The van der Waals surface area contributed by atoms with Crippen LogP contribution in [0.15, 0.2) is 24.3 Å². The average Bonchev–Trinajstić information content (AvgIpc) is 2.88. The van der Waals surface area contributed by atoms with Gasteiger partial charge in [0, 0.05) is 18.7 Å². The van der Waals surface area contributed by atoms with Crippen LogP contribution in [0.2, 0.25) is 0 Å². The topological polar surface area (TPSA) is 75.4 Å². The van der Waals surface area contributed by atoms with Crippen LogP contribution in [0.5, 0.6) is 0 Å². The zero-order valence-corrected chi connectivity index (χ0v) is 11.8. The summed E-state index contributed by atoms with van der Waals surface area (Å²) in [5.41, 5.74) is 6.94. The minimum Gasteiger partial charge on any atom is -0.366 e. The first-order chi connectivity index (χ1) is 9.60. The third-order valence-corrected chi connectivity index (χ3v) is 3.70. The zero-order chi connectivity index (χ0) is 14.5. The summed E-state index contributed by atoms with van der Waals surface area (Å²) < 4.78 is 0. The van der Waals surface area contributed by atoms with Crippen molar-refractivity contribution >= 4 is 11.8 Å². The van der Waals surface area contributed by atoms with Crippen molar-refractivity contribution in [2.24, 2.45) is 11.7 Å². The van der Waals surface area contributed by atoms with Gasteiger partial charge in [0.25, 0.3) is 0 Å². The summed E-state index contributed by atoms with van der Waals surface area (Å²) in [5.74, 6) is 0.212. The fraction of sp³-hybridized carbons (Fsp3) is 0.467. The Balaban J connectivity index is 1.93. The van der Waals surface area contributed by atoms with Gasteiger partial charge in [-0.2, -0.15) is 0 Å². The van der Waals surface area contributed by atoms with E-state index in [0.717, 1.165) is 31.5 Å². The van der Waals surface area contributed by atoms with Crippen LogP contribution in [0.1, 0.15) is 22.3 Å². The van der Waals surface area contributed by atoms with Crippen molar-refractivity contribution in [1.82, 2.24) is 10.2 Å². The molecule has 0 saturated carbocycles. The molecule has 1 aromatic carbocycles. The minimum absolute atomic E-state index is 0.154. The minimum atomic E-state index is -0.399. The molecule has 0 aliphatic carbocycles. The Morgan fingerprint density at radius 2 is 2.25 bits per heavy atom. The van der Waals surface area contributed by atoms with E-state index in [-0.39, 0.29) is 5.91 Å². The lowest BCUT2D eigenvalue weighted by Crippen LogP contribution is -2.35. The molecule has 2 rings (SSSR count). The van der Waals surface area contributed by atoms with Crippen molar-refractivity contribution in [3.63, 3.8) is 0 Å². The number of carbonyl (C=O) groups is 2. The molecule has 0 radical (unpaired) electrons. The molecule has 5 nitrogen and oxygen atoms in total. The highest BCUT2D eigenvalue weighted by atomic mass is 16.2. The van der Waals surface area contributed by atoms with Crippen molar-refractivity contribution in [1.29, 1.82) is 0 Å². The molecule has 0 bridgehead atoms. The van der Waals surface area contributed by atoms with Gasteiger partial charge in [0.2, 0.25) is 11.8 Å². The Hall–Kier alpha value is -1.88. The molecule has 3 N–H and O–H groups in total. The molecule has 1 fully saturated rings. The second-order valence-corrected chi connectivity index (χ2v) is 5.29. The maximum atomic E-state index is 11.8. The van der Waals surface area contributed by atoms with Crippen LogP contribution in [0, 0.1) is 5.92 Å². The van der Waals surface area contributed by atoms with Crippen LogP contribution < -0.4 is 11.1 Å². The number of carbonyl (C=O) groups excluding carboxylic acids is 2. The molecule has 1 saturated heterocycles. The fourth-order valence-electron chi connectivity index (χ4n) is 2.67. The number of nitrogens with one attached hydrogen (secondary N) is 1. The van der Waals surface area contributed by atoms with E-state index in [9.17, 15) is 9.59 Å². The highest BCUT2D eigenvalue weighted by molar-refractivity contribution is 5.92. The molecule has 1 heterocycles. The molecule has 0 aromatic heterocycles. The summed E-state index contributed by atoms with van der Waals surface area (Å²) in [5, 5.41) is 2.89. The standard InChI is InChI=1S/C15H21N3O2/c1-17-9-14(19)18-6-5-12(10-18)7-11-3-2-4-13(8-11)15(16)20/h2-4,8,12,17H,5-7,9-10H2,1H3,(H2,16,20)/t12-/m0/s1. The first kappa shape index (κ1) is 14.5. The molecule has 1 aliphatic rings. The van der Waals surface area contributed by atoms with E-state index in [2.05, 4.69) is 5.32 Å². The van der Waals surface area contributed by atoms with Crippen LogP contribution in [0.3, 0.4) is 0 Å². The van der Waals surface area contributed by atoms with Gasteiger partial charge in [0.1, 0.15) is 0 Å². The lowest BCUT2D eigenvalue weighted by Gasteiger charge is -2.16. The summed E-state index contributed by atoms with van der Waals surface area (Å²) >= 11 is 0. The quantitative estimate of drug-likeness (QED) is 0.816. The second kappa shape index (κ2) is 6.52. The number of amides is 2. The number of likely N-dealkylation sites (N-methyl/N-ethyl adjacent to an activating group) is 1. The van der Waals surface area contributed by atoms with Crippen molar-refractivity contribution in [2.75, 3.05) is 26.7 Å². The summed E-state index contributed by atoms with van der Waals surface area (Å²) in [4.78, 5) is 24.9. The van der Waals surface area contributed by atoms with E-state index in [4.69, 9.17) is 5.73 Å². The number of likely N-dealkylation sites (tertiary alicyclic amines) is 1. The zero-order valence-electron chi connectivity index (χ0n) is 11.8. The van der Waals surface area contributed by atoms with Crippen molar-refractivity contribution in [3.8, 4) is 0 Å². The van der Waals surface area contributed by atoms with Crippen molar-refractivity contribution < 1.29 is 9.59 Å². The monoisotopic (exact) mass is 275 g/mol. The van der Waals surface area contributed by atoms with Crippen LogP contribution in [-0.4, -0.2) is 43.4 Å². The van der Waals surface area contributed by atoms with E-state index in [1.807, 2.05) is 23.1 Å². The van der Waals surface area contributed by atoms with Gasteiger partial charge in [0.05, 0.1) is 6.54 Å². The molecule has 1 aliphatic heterocycles. The smallest absolute Gasteiger partial charge is 0.248 e. The molecule has 1 aromatic rings. The Labute approximate surface area is 119 Å². The molecule has 108 valence electrons. The van der Waals surface area contributed by atoms with E-state index in [1.54, 1.807) is 13.1 Å². The predicted octanol–water partition coefficient (Wildman–Crippen LogP) is 0.396. The summed E-state index contributed by atoms with van der Waals surface area (Å²) in [6.07, 6.45) is 1.89. The van der Waals surface area contributed by atoms with Gasteiger partial charge in [0.15, 0.2) is 0 Å². The maximum Gasteiger partial charge on any atom is 0.248 e. The van der Waals surface area contributed by atoms with E-state index in [1.165, 1.54) is 0 Å². The fourth-order valence-corrected chi connectivity index (χ4v) is 2.67. The number of benzene rings is 1. The Bertz CT molecular complexity index is 502. The summed E-state index contributed by atoms with van der Waals surface area (Å²) in [6, 6.07) is 7.43. The highest BCUT2D eigenvalue weighted by Crippen LogP contribution is 2.21. The molecule has 5 heteroatoms. The van der Waals surface area contributed by atoms with Gasteiger partial charge in [-0.3, -0.25) is 9.59 Å². The highest BCUT2D eigenvalue weighted by Gasteiger charge is 2.25. The molecule has 0 spiro atoms. The van der Waals surface area contributed by atoms with E-state index in [0.29, 0.717) is 18.0 Å². The Morgan fingerprint density at radius 3 is 2.95 bits per heavy atom. The summed E-state index contributed by atoms with van der Waals surface area (Å²) in [6.45, 7) is 2.01. The first-order valence-electron chi connectivity index (χ1n) is 6.91. The number of nitrogens with two attached hydrogens (primary N) is 1. The van der Waals surface area contributed by atoms with E-state index >= 15 is 0 Å². The molecule has 0 unspecified atom stereocenters. The molecule has 20 heavy (non-hydrogen) atoms. The van der Waals surface area contributed by atoms with Crippen molar-refractivity contribution in [2.45, 2.75) is 12.8 Å². The molecular formula is C15H21N3O2. The SMILES string of the molecule is CNCC(=O)N1CC[C@@H](Cc2cccc(C(N)=O)c2)C1. The lowest BCUT2D eigenvalue weighted by molar-refractivity contribution is -0.129. The van der Waals surface area contributed by atoms with Crippen molar-refractivity contribution in [3.05, 3.63) is 35.4 Å². The summed E-state index contributed by atoms with van der Waals surface area (Å²) in [7, 11) is 1.78. The van der Waals surface area contributed by atoms with Crippen LogP contribution in [0.25, 0.3) is 0 Å². The van der Waals surface area contributed by atoms with Gasteiger partial charge in [-0.25, -0.2) is 0 Å². The Morgan fingerprint density at radius 1 is 1.45 bits per heavy atom. The molecule has 1 atom stereocenters. The number of primary amides is 1.